The smallest absolute Gasteiger partial charge is 0.0970 e. The van der Waals surface area contributed by atoms with Gasteiger partial charge in [0.15, 0.2) is 0 Å². The summed E-state index contributed by atoms with van der Waals surface area (Å²) >= 11 is 0. The first-order valence-electron chi connectivity index (χ1n) is 5.90. The van der Waals surface area contributed by atoms with Gasteiger partial charge >= 0.3 is 0 Å². The average molecular weight is 215 g/mol. The van der Waals surface area contributed by atoms with E-state index in [0.717, 1.165) is 19.4 Å². The zero-order valence-electron chi connectivity index (χ0n) is 9.21. The van der Waals surface area contributed by atoms with Crippen LogP contribution in [0.3, 0.4) is 0 Å². The third-order valence-electron chi connectivity index (χ3n) is 4.15. The van der Waals surface area contributed by atoms with Gasteiger partial charge in [-0.15, -0.1) is 0 Å². The molecule has 2 rings (SSSR count). The van der Waals surface area contributed by atoms with Crippen LogP contribution in [0.1, 0.15) is 19.8 Å². The number of fused-ring (bicyclic) bond motifs is 1. The minimum Gasteiger partial charge on any atom is -0.396 e. The van der Waals surface area contributed by atoms with E-state index in [-0.39, 0.29) is 18.6 Å². The predicted molar refractivity (Wildman–Crippen MR) is 56.3 cm³/mol. The zero-order chi connectivity index (χ0) is 11.0. The first-order valence-corrected chi connectivity index (χ1v) is 5.90. The van der Waals surface area contributed by atoms with E-state index in [1.807, 2.05) is 0 Å². The lowest BCUT2D eigenvalue weighted by molar-refractivity contribution is -0.0245. The Morgan fingerprint density at radius 1 is 1.33 bits per heavy atom. The van der Waals surface area contributed by atoms with Crippen LogP contribution in [0, 0.1) is 11.8 Å². The number of aliphatic hydroxyl groups is 3. The fourth-order valence-corrected chi connectivity index (χ4v) is 3.27. The second-order valence-electron chi connectivity index (χ2n) is 4.85. The van der Waals surface area contributed by atoms with E-state index in [1.54, 1.807) is 0 Å². The Labute approximate surface area is 90.5 Å². The van der Waals surface area contributed by atoms with Crippen molar-refractivity contribution in [2.45, 2.75) is 38.0 Å². The first kappa shape index (κ1) is 11.3. The quantitative estimate of drug-likeness (QED) is 0.577. The van der Waals surface area contributed by atoms with E-state index in [4.69, 9.17) is 0 Å². The Morgan fingerprint density at radius 2 is 2.07 bits per heavy atom. The third kappa shape index (κ3) is 1.80. The molecule has 0 aliphatic carbocycles. The Bertz CT molecular complexity index is 224. The number of rotatable bonds is 2. The lowest BCUT2D eigenvalue weighted by Gasteiger charge is -2.42. The van der Waals surface area contributed by atoms with Gasteiger partial charge in [0, 0.05) is 25.1 Å². The lowest BCUT2D eigenvalue weighted by atomic mass is 9.78. The average Bonchev–Trinajstić information content (AvgIpc) is 2.54. The van der Waals surface area contributed by atoms with Gasteiger partial charge in [0.2, 0.25) is 0 Å². The van der Waals surface area contributed by atoms with Crippen molar-refractivity contribution < 1.29 is 15.3 Å². The molecule has 0 radical (unpaired) electrons. The van der Waals surface area contributed by atoms with Crippen LogP contribution < -0.4 is 0 Å². The summed E-state index contributed by atoms with van der Waals surface area (Å²) in [4.78, 5) is 2.13. The molecule has 0 saturated carbocycles. The van der Waals surface area contributed by atoms with Gasteiger partial charge in [-0.3, -0.25) is 4.90 Å². The maximum atomic E-state index is 9.90. The van der Waals surface area contributed by atoms with Gasteiger partial charge in [0.1, 0.15) is 0 Å². The summed E-state index contributed by atoms with van der Waals surface area (Å²) in [7, 11) is 0. The van der Waals surface area contributed by atoms with Crippen LogP contribution in [0.4, 0.5) is 0 Å². The molecule has 2 saturated heterocycles. The molecule has 2 fully saturated rings. The minimum atomic E-state index is -0.684. The summed E-state index contributed by atoms with van der Waals surface area (Å²) in [6, 6.07) is -0.0382. The van der Waals surface area contributed by atoms with E-state index in [9.17, 15) is 15.3 Å². The molecule has 15 heavy (non-hydrogen) atoms. The van der Waals surface area contributed by atoms with Crippen LogP contribution in [0.2, 0.25) is 0 Å². The zero-order valence-corrected chi connectivity index (χ0v) is 9.21. The molecule has 0 aromatic rings. The normalized spacial score (nSPS) is 46.8. The van der Waals surface area contributed by atoms with Crippen LogP contribution in [-0.4, -0.2) is 58.2 Å². The van der Waals surface area contributed by atoms with E-state index >= 15 is 0 Å². The molecule has 4 nitrogen and oxygen atoms in total. The molecule has 3 N–H and O–H groups in total. The maximum Gasteiger partial charge on any atom is 0.0970 e. The molecule has 2 aliphatic heterocycles. The molecule has 0 aromatic heterocycles. The summed E-state index contributed by atoms with van der Waals surface area (Å²) in [5.74, 6) is 0.604. The highest BCUT2D eigenvalue weighted by molar-refractivity contribution is 5.01. The van der Waals surface area contributed by atoms with Crippen molar-refractivity contribution in [1.82, 2.24) is 4.90 Å². The Hall–Kier alpha value is -0.160. The van der Waals surface area contributed by atoms with Gasteiger partial charge < -0.3 is 15.3 Å². The fraction of sp³-hybridized carbons (Fsp3) is 1.00. The van der Waals surface area contributed by atoms with Crippen LogP contribution in [-0.2, 0) is 0 Å². The van der Waals surface area contributed by atoms with Gasteiger partial charge in [-0.05, 0) is 18.9 Å². The topological polar surface area (TPSA) is 63.9 Å². The molecule has 2 heterocycles. The van der Waals surface area contributed by atoms with E-state index in [1.165, 1.54) is 0 Å². The Kier molecular flexibility index (Phi) is 3.30. The number of aliphatic hydroxyl groups excluding tert-OH is 3. The summed E-state index contributed by atoms with van der Waals surface area (Å²) in [6.07, 6.45) is 0.784. The maximum absolute atomic E-state index is 9.90. The molecule has 0 bridgehead atoms. The summed E-state index contributed by atoms with van der Waals surface area (Å²) in [5.41, 5.74) is 0. The lowest BCUT2D eigenvalue weighted by Crippen LogP contribution is -2.51. The molecule has 4 heteroatoms. The molecule has 5 atom stereocenters. The van der Waals surface area contributed by atoms with Crippen molar-refractivity contribution in [1.29, 1.82) is 0 Å². The van der Waals surface area contributed by atoms with E-state index in [2.05, 4.69) is 11.8 Å². The monoisotopic (exact) mass is 215 g/mol. The summed E-state index contributed by atoms with van der Waals surface area (Å²) < 4.78 is 0. The fourth-order valence-electron chi connectivity index (χ4n) is 3.27. The van der Waals surface area contributed by atoms with E-state index < -0.39 is 12.2 Å². The van der Waals surface area contributed by atoms with Crippen LogP contribution in [0.25, 0.3) is 0 Å². The van der Waals surface area contributed by atoms with Gasteiger partial charge in [-0.1, -0.05) is 13.3 Å². The third-order valence-corrected chi connectivity index (χ3v) is 4.15. The molecule has 0 amide bonds. The molecule has 0 aromatic carbocycles. The van der Waals surface area contributed by atoms with Gasteiger partial charge in [-0.2, -0.15) is 0 Å². The summed E-state index contributed by atoms with van der Waals surface area (Å²) in [6.45, 7) is 3.73. The number of piperidine rings is 1. The van der Waals surface area contributed by atoms with Crippen molar-refractivity contribution in [3.63, 3.8) is 0 Å². The van der Waals surface area contributed by atoms with Crippen LogP contribution in [0.15, 0.2) is 0 Å². The predicted octanol–water partition coefficient (Wildman–Crippen LogP) is -0.569. The summed E-state index contributed by atoms with van der Waals surface area (Å²) in [5, 5.41) is 29.0. The highest BCUT2D eigenvalue weighted by Gasteiger charge is 2.48. The number of hydrogen-bond acceptors (Lipinski definition) is 4. The van der Waals surface area contributed by atoms with E-state index in [0.29, 0.717) is 12.5 Å². The van der Waals surface area contributed by atoms with Gasteiger partial charge in [0.25, 0.3) is 0 Å². The first-order chi connectivity index (χ1) is 7.19. The van der Waals surface area contributed by atoms with Crippen molar-refractivity contribution in [2.75, 3.05) is 19.7 Å². The highest BCUT2D eigenvalue weighted by Crippen LogP contribution is 2.36. The Morgan fingerprint density at radius 3 is 2.67 bits per heavy atom. The molecule has 0 unspecified atom stereocenters. The minimum absolute atomic E-state index is 0.0382. The molecule has 88 valence electrons. The molecule has 0 spiro atoms. The number of nitrogens with zero attached hydrogens (tertiary/aromatic N) is 1. The van der Waals surface area contributed by atoms with Crippen LogP contribution >= 0.6 is 0 Å². The second kappa shape index (κ2) is 4.37. The number of hydrogen-bond donors (Lipinski definition) is 3. The Balaban J connectivity index is 2.15. The van der Waals surface area contributed by atoms with Crippen molar-refractivity contribution >= 4 is 0 Å². The van der Waals surface area contributed by atoms with Crippen LogP contribution in [0.5, 0.6) is 0 Å². The van der Waals surface area contributed by atoms with Gasteiger partial charge in [0.05, 0.1) is 12.2 Å². The van der Waals surface area contributed by atoms with Crippen molar-refractivity contribution in [3.8, 4) is 0 Å². The van der Waals surface area contributed by atoms with Crippen molar-refractivity contribution in [3.05, 3.63) is 0 Å². The standard InChI is InChI=1S/C11H21NO3/c1-2-7-3-4-12-5-9(14)11(15)10(12)8(7)6-13/h7-11,13-15H,2-6H2,1H3/t7-,8-,9+,10+,11+/m0/s1. The SMILES string of the molecule is CC[C@H]1CCN2C[C@@H](O)[C@@H](O)[C@H]2[C@H]1CO. The second-order valence-corrected chi connectivity index (χ2v) is 4.85. The molecule has 2 aliphatic rings. The van der Waals surface area contributed by atoms with Gasteiger partial charge in [-0.25, -0.2) is 0 Å². The highest BCUT2D eigenvalue weighted by atomic mass is 16.3. The molecular formula is C11H21NO3. The molecular weight excluding hydrogens is 194 g/mol. The van der Waals surface area contributed by atoms with Crippen molar-refractivity contribution in [2.24, 2.45) is 11.8 Å². The largest absolute Gasteiger partial charge is 0.396 e.